The minimum absolute atomic E-state index is 0.0364. The molecule has 0 unspecified atom stereocenters. The lowest BCUT2D eigenvalue weighted by atomic mass is 10.0. The first-order chi connectivity index (χ1) is 4.33. The van der Waals surface area contributed by atoms with E-state index < -0.39 is 0 Å². The third-order valence-electron chi connectivity index (χ3n) is 1.60. The van der Waals surface area contributed by atoms with Crippen molar-refractivity contribution in [2.24, 2.45) is 0 Å². The van der Waals surface area contributed by atoms with Crippen LogP contribution in [0.2, 0.25) is 0 Å². The van der Waals surface area contributed by atoms with Gasteiger partial charge >= 0.3 is 0 Å². The Balaban J connectivity index is 2.51. The molecule has 0 aromatic carbocycles. The van der Waals surface area contributed by atoms with Crippen molar-refractivity contribution in [3.05, 3.63) is 23.6 Å². The van der Waals surface area contributed by atoms with E-state index in [0.717, 1.165) is 12.8 Å². The summed E-state index contributed by atoms with van der Waals surface area (Å²) in [6.45, 7) is 2.06. The monoisotopic (exact) mass is 126 g/mol. The van der Waals surface area contributed by atoms with Gasteiger partial charge in [-0.2, -0.15) is 0 Å². The van der Waals surface area contributed by atoms with Crippen LogP contribution in [0.1, 0.15) is 26.2 Å². The fourth-order valence-corrected chi connectivity index (χ4v) is 0.984. The smallest absolute Gasteiger partial charge is 0.100 e. The van der Waals surface area contributed by atoms with Gasteiger partial charge < -0.3 is 0 Å². The van der Waals surface area contributed by atoms with Gasteiger partial charge in [0.25, 0.3) is 0 Å². The average molecular weight is 126 g/mol. The van der Waals surface area contributed by atoms with Crippen molar-refractivity contribution in [2.45, 2.75) is 26.2 Å². The molecule has 0 saturated heterocycles. The number of hydrogen-bond acceptors (Lipinski definition) is 0. The van der Waals surface area contributed by atoms with E-state index in [1.165, 1.54) is 5.57 Å². The Kier molecular flexibility index (Phi) is 2.04. The second kappa shape index (κ2) is 2.81. The zero-order chi connectivity index (χ0) is 6.69. The molecule has 0 heterocycles. The second-order valence-electron chi connectivity index (χ2n) is 2.28. The number of rotatable bonds is 1. The summed E-state index contributed by atoms with van der Waals surface area (Å²) >= 11 is 0. The van der Waals surface area contributed by atoms with E-state index in [1.807, 2.05) is 0 Å². The summed E-state index contributed by atoms with van der Waals surface area (Å²) in [5.41, 5.74) is 1.23. The molecule has 0 fully saturated rings. The van der Waals surface area contributed by atoms with E-state index in [4.69, 9.17) is 0 Å². The molecule has 0 aliphatic heterocycles. The van der Waals surface area contributed by atoms with Gasteiger partial charge in [0.05, 0.1) is 0 Å². The van der Waals surface area contributed by atoms with Gasteiger partial charge in [-0.05, 0) is 18.9 Å². The van der Waals surface area contributed by atoms with Gasteiger partial charge in [-0.1, -0.05) is 18.6 Å². The van der Waals surface area contributed by atoms with Crippen LogP contribution in [0.4, 0.5) is 4.39 Å². The molecule has 0 atom stereocenters. The zero-order valence-corrected chi connectivity index (χ0v) is 5.65. The first-order valence-corrected chi connectivity index (χ1v) is 3.35. The molecule has 0 aromatic rings. The third kappa shape index (κ3) is 1.67. The Hall–Kier alpha value is -0.590. The Bertz CT molecular complexity index is 154. The second-order valence-corrected chi connectivity index (χ2v) is 2.28. The number of allylic oxidation sites excluding steroid dienone is 4. The lowest BCUT2D eigenvalue weighted by molar-refractivity contribution is 0.596. The largest absolute Gasteiger partial charge is 0.212 e. The fourth-order valence-electron chi connectivity index (χ4n) is 0.984. The highest BCUT2D eigenvalue weighted by Crippen LogP contribution is 2.20. The Morgan fingerprint density at radius 1 is 1.56 bits per heavy atom. The molecule has 1 aliphatic carbocycles. The van der Waals surface area contributed by atoms with Gasteiger partial charge in [0.1, 0.15) is 5.83 Å². The van der Waals surface area contributed by atoms with Gasteiger partial charge in [0.2, 0.25) is 0 Å². The highest BCUT2D eigenvalue weighted by molar-refractivity contribution is 5.17. The zero-order valence-electron chi connectivity index (χ0n) is 5.65. The van der Waals surface area contributed by atoms with Crippen LogP contribution >= 0.6 is 0 Å². The third-order valence-corrected chi connectivity index (χ3v) is 1.60. The number of hydrogen-bond donors (Lipinski definition) is 0. The average Bonchev–Trinajstić information content (AvgIpc) is 1.88. The topological polar surface area (TPSA) is 0 Å². The van der Waals surface area contributed by atoms with Gasteiger partial charge in [-0.25, -0.2) is 4.39 Å². The van der Waals surface area contributed by atoms with Crippen molar-refractivity contribution >= 4 is 0 Å². The normalized spacial score (nSPS) is 18.9. The SMILES string of the molecule is CCC1=CCC=C(F)C1. The maximum absolute atomic E-state index is 12.4. The Labute approximate surface area is 55.1 Å². The van der Waals surface area contributed by atoms with E-state index in [9.17, 15) is 4.39 Å². The van der Waals surface area contributed by atoms with Crippen molar-refractivity contribution in [1.29, 1.82) is 0 Å². The molecule has 0 saturated carbocycles. The summed E-state index contributed by atoms with van der Waals surface area (Å²) in [5, 5.41) is 0. The summed E-state index contributed by atoms with van der Waals surface area (Å²) < 4.78 is 12.4. The minimum Gasteiger partial charge on any atom is -0.212 e. The van der Waals surface area contributed by atoms with Crippen molar-refractivity contribution < 1.29 is 4.39 Å². The van der Waals surface area contributed by atoms with E-state index >= 15 is 0 Å². The molecular formula is C8H11F. The molecule has 50 valence electrons. The molecule has 0 radical (unpaired) electrons. The maximum Gasteiger partial charge on any atom is 0.100 e. The molecule has 0 nitrogen and oxygen atoms in total. The van der Waals surface area contributed by atoms with Gasteiger partial charge in [0, 0.05) is 6.42 Å². The van der Waals surface area contributed by atoms with E-state index in [2.05, 4.69) is 13.0 Å². The molecule has 0 N–H and O–H groups in total. The first kappa shape index (κ1) is 6.53. The van der Waals surface area contributed by atoms with Crippen LogP contribution < -0.4 is 0 Å². The van der Waals surface area contributed by atoms with Crippen molar-refractivity contribution in [2.75, 3.05) is 0 Å². The minimum atomic E-state index is 0.0364. The van der Waals surface area contributed by atoms with Gasteiger partial charge in [-0.15, -0.1) is 0 Å². The highest BCUT2D eigenvalue weighted by atomic mass is 19.1. The van der Waals surface area contributed by atoms with Crippen LogP contribution in [0.5, 0.6) is 0 Å². The maximum atomic E-state index is 12.4. The van der Waals surface area contributed by atoms with Crippen molar-refractivity contribution in [1.82, 2.24) is 0 Å². The quantitative estimate of drug-likeness (QED) is 0.474. The molecule has 1 rings (SSSR count). The van der Waals surface area contributed by atoms with Crippen LogP contribution in [0.25, 0.3) is 0 Å². The summed E-state index contributed by atoms with van der Waals surface area (Å²) in [7, 11) is 0. The molecule has 0 spiro atoms. The summed E-state index contributed by atoms with van der Waals surface area (Å²) in [6, 6.07) is 0. The van der Waals surface area contributed by atoms with Crippen LogP contribution in [0.3, 0.4) is 0 Å². The van der Waals surface area contributed by atoms with Crippen LogP contribution in [-0.4, -0.2) is 0 Å². The van der Waals surface area contributed by atoms with E-state index in [0.29, 0.717) is 6.42 Å². The molecule has 0 bridgehead atoms. The van der Waals surface area contributed by atoms with E-state index in [1.54, 1.807) is 6.08 Å². The Morgan fingerprint density at radius 2 is 2.33 bits per heavy atom. The molecule has 1 heteroatoms. The summed E-state index contributed by atoms with van der Waals surface area (Å²) in [4.78, 5) is 0. The number of halogens is 1. The van der Waals surface area contributed by atoms with Crippen molar-refractivity contribution in [3.63, 3.8) is 0 Å². The summed E-state index contributed by atoms with van der Waals surface area (Å²) in [5.74, 6) is 0.0364. The lowest BCUT2D eigenvalue weighted by Crippen LogP contribution is -1.87. The molecule has 9 heavy (non-hydrogen) atoms. The highest BCUT2D eigenvalue weighted by Gasteiger charge is 2.02. The standard InChI is InChI=1S/C8H11F/c1-2-7-4-3-5-8(9)6-7/h4-5H,2-3,6H2,1H3. The molecule has 0 aromatic heterocycles. The predicted octanol–water partition coefficient (Wildman–Crippen LogP) is 2.97. The van der Waals surface area contributed by atoms with Gasteiger partial charge in [-0.3, -0.25) is 0 Å². The first-order valence-electron chi connectivity index (χ1n) is 3.35. The summed E-state index contributed by atoms with van der Waals surface area (Å²) in [6.07, 6.45) is 6.06. The molecule has 1 aliphatic rings. The van der Waals surface area contributed by atoms with Crippen LogP contribution in [-0.2, 0) is 0 Å². The molecule has 0 amide bonds. The predicted molar refractivity (Wildman–Crippen MR) is 36.8 cm³/mol. The van der Waals surface area contributed by atoms with Crippen LogP contribution in [0, 0.1) is 0 Å². The van der Waals surface area contributed by atoms with Crippen LogP contribution in [0.15, 0.2) is 23.6 Å². The van der Waals surface area contributed by atoms with Gasteiger partial charge in [0.15, 0.2) is 0 Å². The lowest BCUT2D eigenvalue weighted by Gasteiger charge is -2.06. The van der Waals surface area contributed by atoms with E-state index in [-0.39, 0.29) is 5.83 Å². The fraction of sp³-hybridized carbons (Fsp3) is 0.500. The Morgan fingerprint density at radius 3 is 2.78 bits per heavy atom. The molecular weight excluding hydrogens is 115 g/mol. The van der Waals surface area contributed by atoms with Crippen molar-refractivity contribution in [3.8, 4) is 0 Å².